The lowest BCUT2D eigenvalue weighted by atomic mass is 10.1. The Bertz CT molecular complexity index is 2730. The molecule has 9 aromatic rings. The Kier molecular flexibility index (Phi) is 6.46. The van der Waals surface area contributed by atoms with Crippen molar-refractivity contribution in [1.29, 1.82) is 0 Å². The van der Waals surface area contributed by atoms with E-state index in [4.69, 9.17) is 15.0 Å². The minimum atomic E-state index is 0.558. The molecule has 0 aliphatic heterocycles. The van der Waals surface area contributed by atoms with Gasteiger partial charge in [0.1, 0.15) is 0 Å². The third kappa shape index (κ3) is 4.47. The van der Waals surface area contributed by atoms with Crippen LogP contribution < -0.4 is 0 Å². The van der Waals surface area contributed by atoms with Gasteiger partial charge in [0.05, 0.1) is 33.3 Å². The molecule has 0 N–H and O–H groups in total. The van der Waals surface area contributed by atoms with E-state index in [1.54, 1.807) is 0 Å². The predicted octanol–water partition coefficient (Wildman–Crippen LogP) is 10.9. The summed E-state index contributed by atoms with van der Waals surface area (Å²) in [5.74, 6) is 1.80. The Labute approximate surface area is 289 Å². The molecule has 3 heterocycles. The van der Waals surface area contributed by atoms with Crippen molar-refractivity contribution in [3.8, 4) is 39.9 Å². The lowest BCUT2D eigenvalue weighted by Gasteiger charge is -2.15. The van der Waals surface area contributed by atoms with Crippen LogP contribution in [-0.2, 0) is 0 Å². The number of para-hydroxylation sites is 2. The van der Waals surface area contributed by atoms with E-state index >= 15 is 0 Å². The van der Waals surface area contributed by atoms with E-state index < -0.39 is 0 Å². The highest BCUT2D eigenvalue weighted by atomic mass is 15.1. The van der Waals surface area contributed by atoms with Crippen LogP contribution in [0.1, 0.15) is 12.8 Å². The number of fused-ring (bicyclic) bond motifs is 7. The summed E-state index contributed by atoms with van der Waals surface area (Å²) in [7, 11) is 0. The van der Waals surface area contributed by atoms with Crippen LogP contribution >= 0.6 is 0 Å². The molecule has 1 aliphatic carbocycles. The van der Waals surface area contributed by atoms with E-state index in [1.807, 2.05) is 60.7 Å². The maximum absolute atomic E-state index is 4.92. The van der Waals surface area contributed by atoms with Crippen LogP contribution in [0.2, 0.25) is 0 Å². The van der Waals surface area contributed by atoms with E-state index in [0.29, 0.717) is 17.5 Å². The Morgan fingerprint density at radius 1 is 0.480 bits per heavy atom. The second kappa shape index (κ2) is 11.4. The fourth-order valence-corrected chi connectivity index (χ4v) is 7.39. The summed E-state index contributed by atoms with van der Waals surface area (Å²) >= 11 is 0. The van der Waals surface area contributed by atoms with Gasteiger partial charge < -0.3 is 4.57 Å². The maximum atomic E-state index is 4.92. The second-order valence-corrected chi connectivity index (χ2v) is 12.6. The van der Waals surface area contributed by atoms with Crippen LogP contribution in [0, 0.1) is 12.1 Å². The minimum absolute atomic E-state index is 0.558. The molecule has 50 heavy (non-hydrogen) atoms. The van der Waals surface area contributed by atoms with Gasteiger partial charge in [0.15, 0.2) is 17.5 Å². The fourth-order valence-electron chi connectivity index (χ4n) is 7.39. The zero-order valence-corrected chi connectivity index (χ0v) is 27.1. The topological polar surface area (TPSA) is 48.5 Å². The van der Waals surface area contributed by atoms with Crippen LogP contribution in [0.15, 0.2) is 152 Å². The number of allylic oxidation sites excluding steroid dienone is 4. The molecular weight excluding hydrogens is 611 g/mol. The average molecular weight is 640 g/mol. The average Bonchev–Trinajstić information content (AvgIpc) is 3.72. The van der Waals surface area contributed by atoms with Gasteiger partial charge in [-0.2, -0.15) is 0 Å². The summed E-state index contributed by atoms with van der Waals surface area (Å²) in [5, 5.41) is 4.90. The standard InChI is InChI=1S/C45H29N5/c1-4-14-30(15-5-1)43-46-44(31-16-6-2-7-17-31)48-45(47-43)32-24-26-34(27-25-32)50-40-23-13-11-21-36(40)38-29-28-37-35-20-10-12-22-39(35)49(41(37)42(38)50)33-18-8-3-9-19-33/h1-8,10-18,20-24,26,28-29H,9,19H2. The molecule has 0 saturated carbocycles. The molecule has 3 aromatic heterocycles. The molecule has 0 amide bonds. The number of nitrogens with zero attached hydrogens (tertiary/aromatic N) is 5. The number of benzene rings is 5. The predicted molar refractivity (Wildman–Crippen MR) is 204 cm³/mol. The first-order chi connectivity index (χ1) is 24.8. The quantitative estimate of drug-likeness (QED) is 0.188. The number of hydrogen-bond donors (Lipinski definition) is 0. The molecule has 1 aliphatic rings. The van der Waals surface area contributed by atoms with Crippen LogP contribution in [0.3, 0.4) is 0 Å². The molecule has 234 valence electrons. The Hall–Kier alpha value is -6.77. The number of hydrogen-bond acceptors (Lipinski definition) is 3. The molecule has 0 atom stereocenters. The molecule has 5 heteroatoms. The van der Waals surface area contributed by atoms with Crippen LogP contribution in [0.25, 0.3) is 89.2 Å². The third-order valence-electron chi connectivity index (χ3n) is 9.66. The zero-order valence-electron chi connectivity index (χ0n) is 27.1. The highest BCUT2D eigenvalue weighted by molar-refractivity contribution is 6.24. The van der Waals surface area contributed by atoms with E-state index in [9.17, 15) is 0 Å². The summed E-state index contributed by atoms with van der Waals surface area (Å²) in [6.07, 6.45) is 8.70. The molecule has 5 nitrogen and oxygen atoms in total. The van der Waals surface area contributed by atoms with Gasteiger partial charge in [0.25, 0.3) is 0 Å². The largest absolute Gasteiger partial charge is 0.311 e. The SMILES string of the molecule is c1c(-c2nc(-c3ccccc3)nc(-c3ccccc3)n2)ccc(-n2c3ccccc3c3ccc4c5ccccc5n(C5=CC=CCC5)c4c32)c#1. The highest BCUT2D eigenvalue weighted by Crippen LogP contribution is 2.42. The van der Waals surface area contributed by atoms with Crippen molar-refractivity contribution in [3.63, 3.8) is 0 Å². The number of aromatic nitrogens is 5. The van der Waals surface area contributed by atoms with E-state index in [0.717, 1.165) is 46.3 Å². The first kappa shape index (κ1) is 28.3. The monoisotopic (exact) mass is 639 g/mol. The van der Waals surface area contributed by atoms with Crippen LogP contribution in [-0.4, -0.2) is 24.1 Å². The van der Waals surface area contributed by atoms with Gasteiger partial charge in [0.2, 0.25) is 0 Å². The van der Waals surface area contributed by atoms with Gasteiger partial charge in [-0.05, 0) is 49.2 Å². The van der Waals surface area contributed by atoms with E-state index in [2.05, 4.69) is 112 Å². The smallest absolute Gasteiger partial charge is 0.172 e. The van der Waals surface area contributed by atoms with Gasteiger partial charge in [-0.1, -0.05) is 127 Å². The fraction of sp³-hybridized carbons (Fsp3) is 0.0444. The van der Waals surface area contributed by atoms with Gasteiger partial charge >= 0.3 is 0 Å². The van der Waals surface area contributed by atoms with Crippen LogP contribution in [0.4, 0.5) is 0 Å². The molecule has 0 unspecified atom stereocenters. The van der Waals surface area contributed by atoms with Crippen LogP contribution in [0.5, 0.6) is 0 Å². The van der Waals surface area contributed by atoms with Crippen molar-refractivity contribution >= 4 is 49.3 Å². The Balaban J connectivity index is 1.20. The third-order valence-corrected chi connectivity index (χ3v) is 9.66. The van der Waals surface area contributed by atoms with E-state index in [-0.39, 0.29) is 0 Å². The molecule has 0 radical (unpaired) electrons. The second-order valence-electron chi connectivity index (χ2n) is 12.6. The molecule has 6 aromatic carbocycles. The lowest BCUT2D eigenvalue weighted by molar-refractivity contribution is 0.979. The first-order valence-electron chi connectivity index (χ1n) is 16.9. The van der Waals surface area contributed by atoms with Crippen molar-refractivity contribution < 1.29 is 0 Å². The van der Waals surface area contributed by atoms with Crippen molar-refractivity contribution in [3.05, 3.63) is 164 Å². The molecule has 0 spiro atoms. The summed E-state index contributed by atoms with van der Waals surface area (Å²) < 4.78 is 4.82. The summed E-state index contributed by atoms with van der Waals surface area (Å²) in [5.41, 5.74) is 9.53. The summed E-state index contributed by atoms with van der Waals surface area (Å²) in [6.45, 7) is 0. The molecule has 0 fully saturated rings. The van der Waals surface area contributed by atoms with E-state index in [1.165, 1.54) is 38.3 Å². The maximum Gasteiger partial charge on any atom is 0.172 e. The van der Waals surface area contributed by atoms with Crippen molar-refractivity contribution in [1.82, 2.24) is 24.1 Å². The van der Waals surface area contributed by atoms with Gasteiger partial charge in [-0.15, -0.1) is 0 Å². The van der Waals surface area contributed by atoms with Crippen molar-refractivity contribution in [2.75, 3.05) is 0 Å². The summed E-state index contributed by atoms with van der Waals surface area (Å²) in [4.78, 5) is 14.7. The van der Waals surface area contributed by atoms with Crippen molar-refractivity contribution in [2.45, 2.75) is 12.8 Å². The van der Waals surface area contributed by atoms with Gasteiger partial charge in [0, 0.05) is 38.4 Å². The first-order valence-corrected chi connectivity index (χ1v) is 16.9. The normalized spacial score (nSPS) is 12.9. The Morgan fingerprint density at radius 2 is 1.04 bits per heavy atom. The Morgan fingerprint density at radius 3 is 1.62 bits per heavy atom. The minimum Gasteiger partial charge on any atom is -0.311 e. The number of rotatable bonds is 5. The highest BCUT2D eigenvalue weighted by Gasteiger charge is 2.22. The van der Waals surface area contributed by atoms with Gasteiger partial charge in [-0.25, -0.2) is 15.0 Å². The molecule has 0 saturated heterocycles. The van der Waals surface area contributed by atoms with Gasteiger partial charge in [-0.3, -0.25) is 4.57 Å². The zero-order chi connectivity index (χ0) is 33.0. The molecule has 0 bridgehead atoms. The summed E-state index contributed by atoms with van der Waals surface area (Å²) in [6, 6.07) is 53.2. The van der Waals surface area contributed by atoms with Crippen molar-refractivity contribution in [2.24, 2.45) is 0 Å². The lowest BCUT2D eigenvalue weighted by Crippen LogP contribution is -2.01. The molecule has 10 rings (SSSR count). The molecular formula is C45H29N5.